The Morgan fingerprint density at radius 2 is 2.27 bits per heavy atom. The van der Waals surface area contributed by atoms with E-state index in [0.717, 1.165) is 19.3 Å². The number of benzene rings is 1. The summed E-state index contributed by atoms with van der Waals surface area (Å²) in [7, 11) is 0. The Hall–Kier alpha value is -0.860. The van der Waals surface area contributed by atoms with Crippen molar-refractivity contribution in [3.05, 3.63) is 35.4 Å². The lowest BCUT2D eigenvalue weighted by atomic mass is 10.1. The molecule has 0 saturated carbocycles. The van der Waals surface area contributed by atoms with E-state index in [1.807, 2.05) is 0 Å². The predicted molar refractivity (Wildman–Crippen MR) is 61.8 cm³/mol. The van der Waals surface area contributed by atoms with Gasteiger partial charge in [-0.2, -0.15) is 0 Å². The highest BCUT2D eigenvalue weighted by Gasteiger charge is 2.23. The molecule has 0 fully saturated rings. The molecular weight excluding hydrogens is 186 g/mol. The summed E-state index contributed by atoms with van der Waals surface area (Å²) in [6.45, 7) is 2.34. The van der Waals surface area contributed by atoms with Crippen molar-refractivity contribution in [2.45, 2.75) is 38.3 Å². The molecule has 1 aliphatic carbocycles. The van der Waals surface area contributed by atoms with Gasteiger partial charge in [0.25, 0.3) is 0 Å². The van der Waals surface area contributed by atoms with E-state index in [1.165, 1.54) is 11.1 Å². The zero-order valence-electron chi connectivity index (χ0n) is 9.24. The maximum atomic E-state index is 9.17. The van der Waals surface area contributed by atoms with Crippen LogP contribution in [0.15, 0.2) is 24.3 Å². The Balaban J connectivity index is 2.07. The molecule has 0 heterocycles. The molecule has 1 unspecified atom stereocenters. The number of hydrogen-bond donors (Lipinski definition) is 2. The molecular formula is C13H19NO. The summed E-state index contributed by atoms with van der Waals surface area (Å²) in [4.78, 5) is 0. The number of fused-ring (bicyclic) bond motifs is 1. The van der Waals surface area contributed by atoms with E-state index in [-0.39, 0.29) is 12.6 Å². The quantitative estimate of drug-likeness (QED) is 0.788. The maximum Gasteiger partial charge on any atom is 0.0584 e. The minimum absolute atomic E-state index is 0.231. The van der Waals surface area contributed by atoms with Crippen LogP contribution in [-0.4, -0.2) is 17.8 Å². The van der Waals surface area contributed by atoms with Crippen LogP contribution in [0.1, 0.15) is 36.9 Å². The Bertz CT molecular complexity index is 320. The molecule has 2 rings (SSSR count). The summed E-state index contributed by atoms with van der Waals surface area (Å²) in [6.07, 6.45) is 3.31. The molecule has 0 aliphatic heterocycles. The van der Waals surface area contributed by atoms with Gasteiger partial charge in [-0.3, -0.25) is 0 Å². The van der Waals surface area contributed by atoms with Crippen LogP contribution >= 0.6 is 0 Å². The van der Waals surface area contributed by atoms with Crippen molar-refractivity contribution in [2.24, 2.45) is 0 Å². The van der Waals surface area contributed by atoms with Crippen LogP contribution in [0.4, 0.5) is 0 Å². The second-order valence-electron chi connectivity index (χ2n) is 4.24. The van der Waals surface area contributed by atoms with Gasteiger partial charge in [0.05, 0.1) is 6.61 Å². The SMILES string of the molecule is CC[C@@H](CO)NC1CCc2ccccc21. The number of nitrogens with one attached hydrogen (secondary N) is 1. The van der Waals surface area contributed by atoms with E-state index in [4.69, 9.17) is 0 Å². The summed E-state index contributed by atoms with van der Waals surface area (Å²) in [5, 5.41) is 12.7. The van der Waals surface area contributed by atoms with Crippen molar-refractivity contribution < 1.29 is 5.11 Å². The van der Waals surface area contributed by atoms with Crippen molar-refractivity contribution in [1.29, 1.82) is 0 Å². The van der Waals surface area contributed by atoms with E-state index < -0.39 is 0 Å². The van der Waals surface area contributed by atoms with Crippen molar-refractivity contribution >= 4 is 0 Å². The summed E-state index contributed by atoms with van der Waals surface area (Å²) < 4.78 is 0. The third-order valence-corrected chi connectivity index (χ3v) is 3.28. The first kappa shape index (κ1) is 10.7. The second kappa shape index (κ2) is 4.77. The van der Waals surface area contributed by atoms with Gasteiger partial charge in [-0.05, 0) is 30.4 Å². The van der Waals surface area contributed by atoms with Crippen molar-refractivity contribution in [3.63, 3.8) is 0 Å². The summed E-state index contributed by atoms with van der Waals surface area (Å²) in [5.41, 5.74) is 2.88. The Morgan fingerprint density at radius 3 is 3.00 bits per heavy atom. The third-order valence-electron chi connectivity index (χ3n) is 3.28. The lowest BCUT2D eigenvalue weighted by Gasteiger charge is -2.20. The van der Waals surface area contributed by atoms with E-state index in [9.17, 15) is 5.11 Å². The first-order valence-electron chi connectivity index (χ1n) is 5.80. The molecule has 0 saturated heterocycles. The fraction of sp³-hybridized carbons (Fsp3) is 0.538. The van der Waals surface area contributed by atoms with Gasteiger partial charge in [-0.15, -0.1) is 0 Å². The number of aryl methyl sites for hydroxylation is 1. The summed E-state index contributed by atoms with van der Waals surface area (Å²) >= 11 is 0. The molecule has 0 spiro atoms. The Kier molecular flexibility index (Phi) is 3.39. The molecule has 1 aliphatic rings. The van der Waals surface area contributed by atoms with Crippen LogP contribution in [0.2, 0.25) is 0 Å². The van der Waals surface area contributed by atoms with Crippen molar-refractivity contribution in [2.75, 3.05) is 6.61 Å². The van der Waals surface area contributed by atoms with E-state index in [1.54, 1.807) is 0 Å². The lowest BCUT2D eigenvalue weighted by molar-refractivity contribution is 0.227. The average Bonchev–Trinajstić information content (AvgIpc) is 2.69. The summed E-state index contributed by atoms with van der Waals surface area (Å²) in [6, 6.07) is 9.28. The van der Waals surface area contributed by atoms with E-state index in [2.05, 4.69) is 36.5 Å². The van der Waals surface area contributed by atoms with Gasteiger partial charge in [0.1, 0.15) is 0 Å². The van der Waals surface area contributed by atoms with Crippen LogP contribution in [0.25, 0.3) is 0 Å². The molecule has 0 amide bonds. The van der Waals surface area contributed by atoms with Crippen molar-refractivity contribution in [1.82, 2.24) is 5.32 Å². The van der Waals surface area contributed by atoms with E-state index >= 15 is 0 Å². The minimum atomic E-state index is 0.231. The number of aliphatic hydroxyl groups excluding tert-OH is 1. The third kappa shape index (κ3) is 2.21. The van der Waals surface area contributed by atoms with Crippen LogP contribution in [0.5, 0.6) is 0 Å². The standard InChI is InChI=1S/C13H19NO/c1-2-11(9-15)14-13-8-7-10-5-3-4-6-12(10)13/h3-6,11,13-15H,2,7-9H2,1H3/t11-,13?/m0/s1. The van der Waals surface area contributed by atoms with Gasteiger partial charge in [0.15, 0.2) is 0 Å². The molecule has 2 atom stereocenters. The first-order chi connectivity index (χ1) is 7.35. The topological polar surface area (TPSA) is 32.3 Å². The fourth-order valence-corrected chi connectivity index (χ4v) is 2.31. The maximum absolute atomic E-state index is 9.17. The highest BCUT2D eigenvalue weighted by Crippen LogP contribution is 2.31. The second-order valence-corrected chi connectivity index (χ2v) is 4.24. The average molecular weight is 205 g/mol. The van der Waals surface area contributed by atoms with Crippen molar-refractivity contribution in [3.8, 4) is 0 Å². The zero-order valence-corrected chi connectivity index (χ0v) is 9.24. The molecule has 0 bridgehead atoms. The molecule has 1 aromatic carbocycles. The summed E-state index contributed by atoms with van der Waals surface area (Å²) in [5.74, 6) is 0. The monoisotopic (exact) mass is 205 g/mol. The smallest absolute Gasteiger partial charge is 0.0584 e. The molecule has 0 aromatic heterocycles. The normalized spacial score (nSPS) is 21.3. The molecule has 2 heteroatoms. The highest BCUT2D eigenvalue weighted by molar-refractivity contribution is 5.34. The first-order valence-corrected chi connectivity index (χ1v) is 5.80. The van der Waals surface area contributed by atoms with E-state index in [0.29, 0.717) is 6.04 Å². The zero-order chi connectivity index (χ0) is 10.7. The number of hydrogen-bond acceptors (Lipinski definition) is 2. The van der Waals surface area contributed by atoms with Gasteiger partial charge < -0.3 is 10.4 Å². The predicted octanol–water partition coefficient (Wildman–Crippen LogP) is 2.03. The van der Waals surface area contributed by atoms with Crippen LogP contribution < -0.4 is 5.32 Å². The largest absolute Gasteiger partial charge is 0.395 e. The number of rotatable bonds is 4. The molecule has 2 N–H and O–H groups in total. The van der Waals surface area contributed by atoms with Gasteiger partial charge in [0.2, 0.25) is 0 Å². The van der Waals surface area contributed by atoms with Crippen LogP contribution in [0, 0.1) is 0 Å². The van der Waals surface area contributed by atoms with Gasteiger partial charge in [-0.25, -0.2) is 0 Å². The Labute approximate surface area is 91.3 Å². The molecule has 1 aromatic rings. The Morgan fingerprint density at radius 1 is 1.47 bits per heavy atom. The molecule has 2 nitrogen and oxygen atoms in total. The molecule has 15 heavy (non-hydrogen) atoms. The molecule has 82 valence electrons. The van der Waals surface area contributed by atoms with Gasteiger partial charge in [0, 0.05) is 12.1 Å². The van der Waals surface area contributed by atoms with Gasteiger partial charge >= 0.3 is 0 Å². The van der Waals surface area contributed by atoms with Crippen LogP contribution in [0.3, 0.4) is 0 Å². The van der Waals surface area contributed by atoms with Crippen LogP contribution in [-0.2, 0) is 6.42 Å². The lowest BCUT2D eigenvalue weighted by Crippen LogP contribution is -2.34. The number of aliphatic hydroxyl groups is 1. The molecule has 0 radical (unpaired) electrons. The minimum Gasteiger partial charge on any atom is -0.395 e. The fourth-order valence-electron chi connectivity index (χ4n) is 2.31. The van der Waals surface area contributed by atoms with Gasteiger partial charge in [-0.1, -0.05) is 31.2 Å². The highest BCUT2D eigenvalue weighted by atomic mass is 16.3.